The molecule has 0 aliphatic rings. The highest BCUT2D eigenvalue weighted by atomic mass is 32.1. The van der Waals surface area contributed by atoms with Crippen LogP contribution in [-0.2, 0) is 0 Å². The normalized spacial score (nSPS) is 11.4. The number of hydrogen-bond donors (Lipinski definition) is 0. The Kier molecular flexibility index (Phi) is 11.0. The van der Waals surface area contributed by atoms with E-state index in [0.717, 1.165) is 22.2 Å². The molecule has 0 unspecified atom stereocenters. The van der Waals surface area contributed by atoms with Gasteiger partial charge >= 0.3 is 0 Å². The third-order valence-electron chi connectivity index (χ3n) is 12.3. The fourth-order valence-corrected chi connectivity index (χ4v) is 15.0. The van der Waals surface area contributed by atoms with Gasteiger partial charge in [0.05, 0.1) is 31.2 Å². The fraction of sp³-hybridized carbons (Fsp3) is 0.0333. The Bertz CT molecular complexity index is 3430. The number of fused-ring (bicyclic) bond motifs is 1. The number of benzene rings is 7. The third kappa shape index (κ3) is 7.54. The molecule has 0 spiro atoms. The van der Waals surface area contributed by atoms with E-state index < -0.39 is 0 Å². The van der Waals surface area contributed by atoms with Crippen LogP contribution >= 0.6 is 57.1 Å². The van der Waals surface area contributed by atoms with Crippen molar-refractivity contribution in [2.45, 2.75) is 13.8 Å². The fourth-order valence-electron chi connectivity index (χ4n) is 9.35. The molecule has 0 N–H and O–H groups in total. The topological polar surface area (TPSA) is 25.8 Å². The summed E-state index contributed by atoms with van der Waals surface area (Å²) in [6, 6.07) is 74.8. The zero-order valence-electron chi connectivity index (χ0n) is 36.6. The first-order valence-electron chi connectivity index (χ1n) is 22.2. The Morgan fingerprint density at radius 1 is 0.269 bits per heavy atom. The Balaban J connectivity index is 1.14. The van der Waals surface area contributed by atoms with Gasteiger partial charge in [0.1, 0.15) is 11.0 Å². The van der Waals surface area contributed by atoms with Crippen molar-refractivity contribution in [3.63, 3.8) is 0 Å². The van der Waals surface area contributed by atoms with Crippen molar-refractivity contribution in [2.75, 3.05) is 0 Å². The van der Waals surface area contributed by atoms with Crippen LogP contribution in [-0.4, -0.2) is 8.75 Å². The molecule has 7 heteroatoms. The van der Waals surface area contributed by atoms with Gasteiger partial charge in [-0.2, -0.15) is 8.75 Å². The standard InChI is InChI=1S/C60H40N2S5/c1-37-35-47(39-21-9-3-10-22-39)57(63-37)59-51(43-29-17-7-18-30-43)49(41-25-13-5-14-26-41)55(65-59)45-33-34-46(54-53(45)61-67-62-54)56-50(42-27-15-6-16-28-42)52(44-31-19-8-20-32-44)60(66-56)58-48(36-38(2)64-58)40-23-11-4-12-24-40/h3-36H,1-2H3. The average molecular weight is 949 g/mol. The lowest BCUT2D eigenvalue weighted by atomic mass is 9.90. The number of hydrogen-bond acceptors (Lipinski definition) is 7. The number of nitrogens with zero attached hydrogens (tertiary/aromatic N) is 2. The summed E-state index contributed by atoms with van der Waals surface area (Å²) in [7, 11) is 0. The minimum atomic E-state index is 0.921. The highest BCUT2D eigenvalue weighted by Crippen LogP contribution is 2.59. The van der Waals surface area contributed by atoms with Gasteiger partial charge < -0.3 is 0 Å². The van der Waals surface area contributed by atoms with Crippen LogP contribution in [0.15, 0.2) is 206 Å². The molecule has 0 radical (unpaired) electrons. The summed E-state index contributed by atoms with van der Waals surface area (Å²) < 4.78 is 10.4. The van der Waals surface area contributed by atoms with Crippen LogP contribution in [0.2, 0.25) is 0 Å². The molecule has 5 heterocycles. The Morgan fingerprint density at radius 2 is 0.552 bits per heavy atom. The van der Waals surface area contributed by atoms with Gasteiger partial charge in [-0.3, -0.25) is 0 Å². The molecule has 0 amide bonds. The quantitative estimate of drug-likeness (QED) is 0.137. The van der Waals surface area contributed by atoms with E-state index in [1.807, 2.05) is 45.3 Å². The maximum Gasteiger partial charge on any atom is 0.114 e. The molecule has 0 fully saturated rings. The number of aryl methyl sites for hydroxylation is 2. The van der Waals surface area contributed by atoms with Crippen molar-refractivity contribution in [3.05, 3.63) is 216 Å². The van der Waals surface area contributed by atoms with E-state index in [2.05, 4.69) is 220 Å². The lowest BCUT2D eigenvalue weighted by Gasteiger charge is -2.13. The van der Waals surface area contributed by atoms with E-state index in [1.54, 1.807) is 0 Å². The first-order valence-corrected chi connectivity index (χ1v) is 26.2. The molecule has 0 saturated carbocycles. The van der Waals surface area contributed by atoms with Crippen molar-refractivity contribution in [2.24, 2.45) is 0 Å². The van der Waals surface area contributed by atoms with Crippen molar-refractivity contribution in [1.82, 2.24) is 8.75 Å². The molecule has 0 aliphatic carbocycles. The summed E-state index contributed by atoms with van der Waals surface area (Å²) in [6.45, 7) is 4.45. The molecule has 2 nitrogen and oxygen atoms in total. The summed E-state index contributed by atoms with van der Waals surface area (Å²) >= 11 is 8.81. The van der Waals surface area contributed by atoms with Crippen LogP contribution in [0.3, 0.4) is 0 Å². The third-order valence-corrected chi connectivity index (χ3v) is 17.7. The minimum absolute atomic E-state index is 0.921. The number of aromatic nitrogens is 2. The van der Waals surface area contributed by atoms with Gasteiger partial charge in [0.25, 0.3) is 0 Å². The van der Waals surface area contributed by atoms with Gasteiger partial charge in [-0.05, 0) is 59.4 Å². The lowest BCUT2D eigenvalue weighted by Crippen LogP contribution is -1.89. The Labute approximate surface area is 410 Å². The van der Waals surface area contributed by atoms with Gasteiger partial charge in [-0.15, -0.1) is 45.3 Å². The molecule has 12 rings (SSSR count). The molecular weight excluding hydrogens is 909 g/mol. The smallest absolute Gasteiger partial charge is 0.114 e. The van der Waals surface area contributed by atoms with E-state index in [4.69, 9.17) is 8.75 Å². The van der Waals surface area contributed by atoms with Crippen LogP contribution in [0.5, 0.6) is 0 Å². The predicted molar refractivity (Wildman–Crippen MR) is 293 cm³/mol. The van der Waals surface area contributed by atoms with Gasteiger partial charge in [-0.25, -0.2) is 0 Å². The summed E-state index contributed by atoms with van der Waals surface area (Å²) in [6.07, 6.45) is 0. The SMILES string of the molecule is Cc1cc(-c2ccccc2)c(-c2sc(-c3ccc(-c4sc(-c5sc(C)cc5-c5ccccc5)c(-c5ccccc5)c4-c4ccccc4)c4nsnc34)c(-c3ccccc3)c2-c2ccccc2)s1. The second kappa shape index (κ2) is 17.8. The predicted octanol–water partition coefficient (Wildman–Crippen LogP) is 19.2. The molecule has 12 aromatic rings. The van der Waals surface area contributed by atoms with Crippen LogP contribution < -0.4 is 0 Å². The largest absolute Gasteiger partial charge is 0.172 e. The van der Waals surface area contributed by atoms with E-state index in [1.165, 1.54) is 118 Å². The second-order valence-corrected chi connectivity index (χ2v) is 21.6. The summed E-state index contributed by atoms with van der Waals surface area (Å²) in [5.74, 6) is 0. The zero-order chi connectivity index (χ0) is 44.8. The number of thiophene rings is 4. The molecule has 0 saturated heterocycles. The average Bonchev–Trinajstić information content (AvgIpc) is 4.25. The highest BCUT2D eigenvalue weighted by Gasteiger charge is 2.31. The maximum absolute atomic E-state index is 5.22. The molecule has 0 atom stereocenters. The molecule has 67 heavy (non-hydrogen) atoms. The molecular formula is C60H40N2S5. The van der Waals surface area contributed by atoms with E-state index >= 15 is 0 Å². The van der Waals surface area contributed by atoms with Gasteiger partial charge in [-0.1, -0.05) is 194 Å². The number of rotatable bonds is 10. The molecule has 7 aromatic carbocycles. The summed E-state index contributed by atoms with van der Waals surface area (Å²) in [5, 5.41) is 0. The summed E-state index contributed by atoms with van der Waals surface area (Å²) in [4.78, 5) is 10.0. The summed E-state index contributed by atoms with van der Waals surface area (Å²) in [5.41, 5.74) is 18.7. The van der Waals surface area contributed by atoms with Crippen LogP contribution in [0.4, 0.5) is 0 Å². The molecule has 320 valence electrons. The minimum Gasteiger partial charge on any atom is -0.172 e. The second-order valence-electron chi connectivity index (χ2n) is 16.5. The van der Waals surface area contributed by atoms with Gasteiger partial charge in [0.2, 0.25) is 0 Å². The van der Waals surface area contributed by atoms with Crippen LogP contribution in [0.25, 0.3) is 118 Å². The Hall–Kier alpha value is -6.84. The molecule has 5 aromatic heterocycles. The maximum atomic E-state index is 5.22. The monoisotopic (exact) mass is 948 g/mol. The first-order chi connectivity index (χ1) is 33.1. The Morgan fingerprint density at radius 3 is 0.866 bits per heavy atom. The lowest BCUT2D eigenvalue weighted by molar-refractivity contribution is 1.60. The van der Waals surface area contributed by atoms with E-state index in [9.17, 15) is 0 Å². The van der Waals surface area contributed by atoms with Crippen molar-refractivity contribution < 1.29 is 0 Å². The van der Waals surface area contributed by atoms with Gasteiger partial charge in [0, 0.05) is 64.0 Å². The van der Waals surface area contributed by atoms with E-state index in [-0.39, 0.29) is 0 Å². The first kappa shape index (κ1) is 41.6. The van der Waals surface area contributed by atoms with Gasteiger partial charge in [0.15, 0.2) is 0 Å². The zero-order valence-corrected chi connectivity index (χ0v) is 40.6. The van der Waals surface area contributed by atoms with E-state index in [0.29, 0.717) is 0 Å². The van der Waals surface area contributed by atoms with Crippen LogP contribution in [0.1, 0.15) is 9.75 Å². The van der Waals surface area contributed by atoms with Crippen molar-refractivity contribution in [3.8, 4) is 107 Å². The molecule has 0 bridgehead atoms. The van der Waals surface area contributed by atoms with Crippen molar-refractivity contribution in [1.29, 1.82) is 0 Å². The molecule has 0 aliphatic heterocycles. The van der Waals surface area contributed by atoms with Crippen LogP contribution in [0, 0.1) is 13.8 Å². The van der Waals surface area contributed by atoms with Crippen molar-refractivity contribution >= 4 is 68.1 Å². The highest BCUT2D eigenvalue weighted by molar-refractivity contribution is 7.26.